The van der Waals surface area contributed by atoms with Crippen molar-refractivity contribution in [3.63, 3.8) is 0 Å². The van der Waals surface area contributed by atoms with E-state index in [1.807, 2.05) is 61.7 Å². The SMILES string of the molecule is CSc1ccc(C(=O)Nc2ccc(C)cc2)cc1. The normalized spacial score (nSPS) is 10.1. The summed E-state index contributed by atoms with van der Waals surface area (Å²) < 4.78 is 0. The fourth-order valence-electron chi connectivity index (χ4n) is 1.58. The van der Waals surface area contributed by atoms with Crippen LogP contribution >= 0.6 is 11.8 Å². The molecule has 18 heavy (non-hydrogen) atoms. The molecule has 2 aromatic carbocycles. The van der Waals surface area contributed by atoms with E-state index < -0.39 is 0 Å². The predicted octanol–water partition coefficient (Wildman–Crippen LogP) is 3.97. The van der Waals surface area contributed by atoms with Gasteiger partial charge in [-0.15, -0.1) is 11.8 Å². The van der Waals surface area contributed by atoms with E-state index in [-0.39, 0.29) is 5.91 Å². The summed E-state index contributed by atoms with van der Waals surface area (Å²) in [5.74, 6) is -0.0773. The molecule has 0 unspecified atom stereocenters. The average Bonchev–Trinajstić information content (AvgIpc) is 2.41. The zero-order valence-electron chi connectivity index (χ0n) is 10.4. The van der Waals surface area contributed by atoms with E-state index in [1.165, 1.54) is 5.56 Å². The van der Waals surface area contributed by atoms with E-state index in [0.717, 1.165) is 10.6 Å². The van der Waals surface area contributed by atoms with Crippen molar-refractivity contribution in [2.75, 3.05) is 11.6 Å². The number of thioether (sulfide) groups is 1. The lowest BCUT2D eigenvalue weighted by Gasteiger charge is -2.06. The molecule has 0 radical (unpaired) electrons. The van der Waals surface area contributed by atoms with Crippen LogP contribution in [0.25, 0.3) is 0 Å². The molecule has 92 valence electrons. The summed E-state index contributed by atoms with van der Waals surface area (Å²) in [6.07, 6.45) is 2.02. The van der Waals surface area contributed by atoms with Gasteiger partial charge in [-0.25, -0.2) is 0 Å². The number of rotatable bonds is 3. The van der Waals surface area contributed by atoms with E-state index >= 15 is 0 Å². The van der Waals surface area contributed by atoms with E-state index in [0.29, 0.717) is 5.56 Å². The maximum Gasteiger partial charge on any atom is 0.255 e. The molecular weight excluding hydrogens is 242 g/mol. The number of anilines is 1. The lowest BCUT2D eigenvalue weighted by atomic mass is 10.2. The molecule has 2 nitrogen and oxygen atoms in total. The van der Waals surface area contributed by atoms with Crippen molar-refractivity contribution in [3.8, 4) is 0 Å². The van der Waals surface area contributed by atoms with Crippen LogP contribution in [-0.4, -0.2) is 12.2 Å². The van der Waals surface area contributed by atoms with Crippen molar-refractivity contribution in [3.05, 3.63) is 59.7 Å². The Morgan fingerprint density at radius 3 is 2.17 bits per heavy atom. The molecule has 0 saturated heterocycles. The molecule has 2 aromatic rings. The highest BCUT2D eigenvalue weighted by atomic mass is 32.2. The summed E-state index contributed by atoms with van der Waals surface area (Å²) in [5.41, 5.74) is 2.67. The van der Waals surface area contributed by atoms with Crippen molar-refractivity contribution in [1.82, 2.24) is 0 Å². The Kier molecular flexibility index (Phi) is 4.05. The molecule has 3 heteroatoms. The summed E-state index contributed by atoms with van der Waals surface area (Å²) in [4.78, 5) is 13.1. The first-order valence-electron chi connectivity index (χ1n) is 5.71. The average molecular weight is 257 g/mol. The summed E-state index contributed by atoms with van der Waals surface area (Å²) >= 11 is 1.66. The second-order valence-corrected chi connectivity index (χ2v) is 4.93. The van der Waals surface area contributed by atoms with Gasteiger partial charge in [0, 0.05) is 16.1 Å². The van der Waals surface area contributed by atoms with Crippen LogP contribution in [0, 0.1) is 6.92 Å². The number of amides is 1. The molecule has 0 aliphatic rings. The van der Waals surface area contributed by atoms with Crippen LogP contribution in [0.3, 0.4) is 0 Å². The van der Waals surface area contributed by atoms with E-state index in [4.69, 9.17) is 0 Å². The minimum atomic E-state index is -0.0773. The zero-order chi connectivity index (χ0) is 13.0. The topological polar surface area (TPSA) is 29.1 Å². The molecule has 1 N–H and O–H groups in total. The monoisotopic (exact) mass is 257 g/mol. The molecular formula is C15H15NOS. The van der Waals surface area contributed by atoms with Crippen LogP contribution in [0.5, 0.6) is 0 Å². The predicted molar refractivity (Wildman–Crippen MR) is 77.4 cm³/mol. The Hall–Kier alpha value is -1.74. The first kappa shape index (κ1) is 12.7. The lowest BCUT2D eigenvalue weighted by Crippen LogP contribution is -2.11. The molecule has 0 atom stereocenters. The third-order valence-corrected chi connectivity index (χ3v) is 3.41. The standard InChI is InChI=1S/C15H15NOS/c1-11-3-7-13(8-4-11)16-15(17)12-5-9-14(18-2)10-6-12/h3-10H,1-2H3,(H,16,17). The van der Waals surface area contributed by atoms with Crippen molar-refractivity contribution < 1.29 is 4.79 Å². The Morgan fingerprint density at radius 1 is 1.00 bits per heavy atom. The van der Waals surface area contributed by atoms with Crippen LogP contribution in [-0.2, 0) is 0 Å². The van der Waals surface area contributed by atoms with Crippen LogP contribution < -0.4 is 5.32 Å². The van der Waals surface area contributed by atoms with Crippen molar-refractivity contribution in [2.45, 2.75) is 11.8 Å². The summed E-state index contributed by atoms with van der Waals surface area (Å²) in [7, 11) is 0. The van der Waals surface area contributed by atoms with Gasteiger partial charge in [-0.2, -0.15) is 0 Å². The largest absolute Gasteiger partial charge is 0.322 e. The minimum absolute atomic E-state index is 0.0773. The Morgan fingerprint density at radius 2 is 1.61 bits per heavy atom. The summed E-state index contributed by atoms with van der Waals surface area (Å²) in [6, 6.07) is 15.4. The highest BCUT2D eigenvalue weighted by molar-refractivity contribution is 7.98. The van der Waals surface area contributed by atoms with Gasteiger partial charge in [0.05, 0.1) is 0 Å². The van der Waals surface area contributed by atoms with Crippen molar-refractivity contribution in [1.29, 1.82) is 0 Å². The van der Waals surface area contributed by atoms with Gasteiger partial charge in [-0.3, -0.25) is 4.79 Å². The maximum absolute atomic E-state index is 12.0. The van der Waals surface area contributed by atoms with E-state index in [2.05, 4.69) is 5.32 Å². The Labute approximate surface area is 111 Å². The van der Waals surface area contributed by atoms with Gasteiger partial charge in [0.25, 0.3) is 5.91 Å². The van der Waals surface area contributed by atoms with Crippen molar-refractivity contribution >= 4 is 23.4 Å². The van der Waals surface area contributed by atoms with Gasteiger partial charge in [0.15, 0.2) is 0 Å². The van der Waals surface area contributed by atoms with Gasteiger partial charge in [-0.1, -0.05) is 17.7 Å². The highest BCUT2D eigenvalue weighted by Gasteiger charge is 2.05. The molecule has 2 rings (SSSR count). The maximum atomic E-state index is 12.0. The third-order valence-electron chi connectivity index (χ3n) is 2.66. The van der Waals surface area contributed by atoms with E-state index in [1.54, 1.807) is 11.8 Å². The first-order valence-corrected chi connectivity index (χ1v) is 6.93. The third kappa shape index (κ3) is 3.14. The fourth-order valence-corrected chi connectivity index (χ4v) is 1.99. The van der Waals surface area contributed by atoms with Crippen LogP contribution in [0.15, 0.2) is 53.4 Å². The fraction of sp³-hybridized carbons (Fsp3) is 0.133. The van der Waals surface area contributed by atoms with Gasteiger partial charge in [-0.05, 0) is 49.6 Å². The molecule has 0 aliphatic carbocycles. The minimum Gasteiger partial charge on any atom is -0.322 e. The summed E-state index contributed by atoms with van der Waals surface area (Å²) in [6.45, 7) is 2.02. The second-order valence-electron chi connectivity index (χ2n) is 4.05. The van der Waals surface area contributed by atoms with Crippen LogP contribution in [0.1, 0.15) is 15.9 Å². The van der Waals surface area contributed by atoms with Crippen LogP contribution in [0.2, 0.25) is 0 Å². The summed E-state index contributed by atoms with van der Waals surface area (Å²) in [5, 5.41) is 2.88. The van der Waals surface area contributed by atoms with E-state index in [9.17, 15) is 4.79 Å². The van der Waals surface area contributed by atoms with Crippen molar-refractivity contribution in [2.24, 2.45) is 0 Å². The van der Waals surface area contributed by atoms with Crippen LogP contribution in [0.4, 0.5) is 5.69 Å². The number of hydrogen-bond donors (Lipinski definition) is 1. The van der Waals surface area contributed by atoms with Gasteiger partial charge in [0.2, 0.25) is 0 Å². The zero-order valence-corrected chi connectivity index (χ0v) is 11.3. The number of carbonyl (C=O) groups excluding carboxylic acids is 1. The van der Waals surface area contributed by atoms with Gasteiger partial charge < -0.3 is 5.32 Å². The molecule has 0 aromatic heterocycles. The number of carbonyl (C=O) groups is 1. The van der Waals surface area contributed by atoms with Gasteiger partial charge in [0.1, 0.15) is 0 Å². The quantitative estimate of drug-likeness (QED) is 0.843. The molecule has 0 spiro atoms. The number of hydrogen-bond acceptors (Lipinski definition) is 2. The second kappa shape index (κ2) is 5.74. The molecule has 0 fully saturated rings. The number of benzene rings is 2. The highest BCUT2D eigenvalue weighted by Crippen LogP contribution is 2.16. The Bertz CT molecular complexity index is 531. The Balaban J connectivity index is 2.09. The first-order chi connectivity index (χ1) is 8.69. The molecule has 0 aliphatic heterocycles. The number of nitrogens with one attached hydrogen (secondary N) is 1. The number of aryl methyl sites for hydroxylation is 1. The van der Waals surface area contributed by atoms with Gasteiger partial charge >= 0.3 is 0 Å². The molecule has 0 heterocycles. The molecule has 1 amide bonds. The molecule has 0 bridgehead atoms. The molecule has 0 saturated carbocycles. The lowest BCUT2D eigenvalue weighted by molar-refractivity contribution is 0.102. The smallest absolute Gasteiger partial charge is 0.255 e.